The molecule has 0 atom stereocenters. The predicted octanol–water partition coefficient (Wildman–Crippen LogP) is 4.54. The Morgan fingerprint density at radius 1 is 0.947 bits per heavy atom. The molecule has 3 heteroatoms. The molecule has 0 radical (unpaired) electrons. The van der Waals surface area contributed by atoms with Gasteiger partial charge >= 0.3 is 0 Å². The summed E-state index contributed by atoms with van der Waals surface area (Å²) in [6.07, 6.45) is 0.840. The van der Waals surface area contributed by atoms with Gasteiger partial charge < -0.3 is 0 Å². The molecule has 2 aromatic carbocycles. The van der Waals surface area contributed by atoms with Gasteiger partial charge in [0.25, 0.3) is 0 Å². The summed E-state index contributed by atoms with van der Waals surface area (Å²) < 4.78 is 12.9. The number of hydrogen-bond donors (Lipinski definition) is 0. The SMILES string of the molecule is Fc1ccc(-c2csc(Cc3ccccc3)n2)cc1. The summed E-state index contributed by atoms with van der Waals surface area (Å²) in [5.41, 5.74) is 3.12. The van der Waals surface area contributed by atoms with E-state index in [2.05, 4.69) is 17.1 Å². The van der Waals surface area contributed by atoms with Crippen molar-refractivity contribution in [2.75, 3.05) is 0 Å². The lowest BCUT2D eigenvalue weighted by Gasteiger charge is -1.97. The van der Waals surface area contributed by atoms with Gasteiger partial charge in [-0.3, -0.25) is 0 Å². The minimum Gasteiger partial charge on any atom is -0.241 e. The Hall–Kier alpha value is -2.00. The summed E-state index contributed by atoms with van der Waals surface area (Å²) in [4.78, 5) is 4.60. The Morgan fingerprint density at radius 3 is 2.42 bits per heavy atom. The van der Waals surface area contributed by atoms with Gasteiger partial charge in [-0.25, -0.2) is 9.37 Å². The molecule has 1 nitrogen and oxygen atoms in total. The second-order valence-electron chi connectivity index (χ2n) is 4.30. The largest absolute Gasteiger partial charge is 0.241 e. The Kier molecular flexibility index (Phi) is 3.38. The highest BCUT2D eigenvalue weighted by Gasteiger charge is 2.05. The van der Waals surface area contributed by atoms with E-state index in [4.69, 9.17) is 0 Å². The number of rotatable bonds is 3. The monoisotopic (exact) mass is 269 g/mol. The van der Waals surface area contributed by atoms with Crippen molar-refractivity contribution in [2.24, 2.45) is 0 Å². The fourth-order valence-electron chi connectivity index (χ4n) is 1.92. The van der Waals surface area contributed by atoms with Gasteiger partial charge in [0, 0.05) is 17.4 Å². The van der Waals surface area contributed by atoms with Crippen LogP contribution in [-0.4, -0.2) is 4.98 Å². The summed E-state index contributed by atoms with van der Waals surface area (Å²) in [6.45, 7) is 0. The highest BCUT2D eigenvalue weighted by atomic mass is 32.1. The first-order valence-electron chi connectivity index (χ1n) is 6.05. The fourth-order valence-corrected chi connectivity index (χ4v) is 2.75. The highest BCUT2D eigenvalue weighted by Crippen LogP contribution is 2.23. The summed E-state index contributed by atoms with van der Waals surface area (Å²) in [7, 11) is 0. The first-order chi connectivity index (χ1) is 9.31. The lowest BCUT2D eigenvalue weighted by molar-refractivity contribution is 0.628. The third kappa shape index (κ3) is 2.88. The van der Waals surface area contributed by atoms with Crippen LogP contribution in [0.15, 0.2) is 60.0 Å². The Morgan fingerprint density at radius 2 is 1.68 bits per heavy atom. The van der Waals surface area contributed by atoms with E-state index in [0.29, 0.717) is 0 Å². The van der Waals surface area contributed by atoms with Crippen molar-refractivity contribution in [3.8, 4) is 11.3 Å². The molecule has 0 N–H and O–H groups in total. The van der Waals surface area contributed by atoms with E-state index >= 15 is 0 Å². The van der Waals surface area contributed by atoms with E-state index < -0.39 is 0 Å². The van der Waals surface area contributed by atoms with Gasteiger partial charge in [0.05, 0.1) is 10.7 Å². The van der Waals surface area contributed by atoms with Crippen LogP contribution in [0.3, 0.4) is 0 Å². The number of aromatic nitrogens is 1. The smallest absolute Gasteiger partial charge is 0.123 e. The molecule has 19 heavy (non-hydrogen) atoms. The van der Waals surface area contributed by atoms with Crippen molar-refractivity contribution in [3.05, 3.63) is 76.4 Å². The van der Waals surface area contributed by atoms with E-state index in [1.807, 2.05) is 23.6 Å². The van der Waals surface area contributed by atoms with Crippen LogP contribution in [0.4, 0.5) is 4.39 Å². The maximum Gasteiger partial charge on any atom is 0.123 e. The van der Waals surface area contributed by atoms with Gasteiger partial charge in [0.1, 0.15) is 5.82 Å². The third-order valence-electron chi connectivity index (χ3n) is 2.89. The standard InChI is InChI=1S/C16H12FNS/c17-14-8-6-13(7-9-14)15-11-19-16(18-15)10-12-4-2-1-3-5-12/h1-9,11H,10H2. The molecule has 1 heterocycles. The zero-order valence-corrected chi connectivity index (χ0v) is 11.0. The van der Waals surface area contributed by atoms with Crippen molar-refractivity contribution in [2.45, 2.75) is 6.42 Å². The fraction of sp³-hybridized carbons (Fsp3) is 0.0625. The number of nitrogens with zero attached hydrogens (tertiary/aromatic N) is 1. The number of benzene rings is 2. The van der Waals surface area contributed by atoms with Gasteiger partial charge in [-0.2, -0.15) is 0 Å². The van der Waals surface area contributed by atoms with Crippen molar-refractivity contribution in [1.82, 2.24) is 4.98 Å². The van der Waals surface area contributed by atoms with Crippen LogP contribution >= 0.6 is 11.3 Å². The molecule has 0 saturated carbocycles. The van der Waals surface area contributed by atoms with Crippen LogP contribution in [0.1, 0.15) is 10.6 Å². The molecule has 3 aromatic rings. The summed E-state index contributed by atoms with van der Waals surface area (Å²) in [5.74, 6) is -0.219. The predicted molar refractivity (Wildman–Crippen MR) is 76.8 cm³/mol. The summed E-state index contributed by atoms with van der Waals surface area (Å²) >= 11 is 1.64. The van der Waals surface area contributed by atoms with Gasteiger partial charge in [0.2, 0.25) is 0 Å². The summed E-state index contributed by atoms with van der Waals surface area (Å²) in [5, 5.41) is 3.09. The van der Waals surface area contributed by atoms with Gasteiger partial charge in [0.15, 0.2) is 0 Å². The van der Waals surface area contributed by atoms with Crippen molar-refractivity contribution < 1.29 is 4.39 Å². The summed E-state index contributed by atoms with van der Waals surface area (Å²) in [6, 6.07) is 16.7. The van der Waals surface area contributed by atoms with Gasteiger partial charge in [-0.15, -0.1) is 11.3 Å². The Balaban J connectivity index is 1.82. The maximum absolute atomic E-state index is 12.9. The maximum atomic E-state index is 12.9. The second kappa shape index (κ2) is 5.33. The lowest BCUT2D eigenvalue weighted by atomic mass is 10.1. The first kappa shape index (κ1) is 12.1. The molecule has 0 spiro atoms. The molecule has 1 aromatic heterocycles. The molecule has 0 aliphatic carbocycles. The molecule has 3 rings (SSSR count). The number of thiazole rings is 1. The molecule has 0 unspecified atom stereocenters. The van der Waals surface area contributed by atoms with Crippen molar-refractivity contribution >= 4 is 11.3 Å². The molecule has 0 bridgehead atoms. The minimum atomic E-state index is -0.219. The Labute approximate surface area is 115 Å². The van der Waals surface area contributed by atoms with Crippen LogP contribution in [0, 0.1) is 5.82 Å². The molecule has 0 saturated heterocycles. The zero-order valence-electron chi connectivity index (χ0n) is 10.2. The first-order valence-corrected chi connectivity index (χ1v) is 6.93. The average molecular weight is 269 g/mol. The number of hydrogen-bond acceptors (Lipinski definition) is 2. The van der Waals surface area contributed by atoms with Crippen molar-refractivity contribution in [1.29, 1.82) is 0 Å². The lowest BCUT2D eigenvalue weighted by Crippen LogP contribution is -1.87. The average Bonchev–Trinajstić information content (AvgIpc) is 2.89. The molecule has 0 aliphatic heterocycles. The third-order valence-corrected chi connectivity index (χ3v) is 3.74. The molecule has 94 valence electrons. The quantitative estimate of drug-likeness (QED) is 0.680. The van der Waals surface area contributed by atoms with E-state index in [1.165, 1.54) is 17.7 Å². The highest BCUT2D eigenvalue weighted by molar-refractivity contribution is 7.10. The van der Waals surface area contributed by atoms with Crippen molar-refractivity contribution in [3.63, 3.8) is 0 Å². The minimum absolute atomic E-state index is 0.219. The van der Waals surface area contributed by atoms with Gasteiger partial charge in [-0.05, 0) is 29.8 Å². The van der Waals surface area contributed by atoms with E-state index in [-0.39, 0.29) is 5.82 Å². The molecule has 0 aliphatic rings. The molecule has 0 amide bonds. The molecular weight excluding hydrogens is 257 g/mol. The van der Waals surface area contributed by atoms with E-state index in [9.17, 15) is 4.39 Å². The van der Waals surface area contributed by atoms with E-state index in [1.54, 1.807) is 23.5 Å². The molecule has 0 fully saturated rings. The van der Waals surface area contributed by atoms with E-state index in [0.717, 1.165) is 22.7 Å². The van der Waals surface area contributed by atoms with Gasteiger partial charge in [-0.1, -0.05) is 30.3 Å². The topological polar surface area (TPSA) is 12.9 Å². The zero-order chi connectivity index (χ0) is 13.1. The Bertz CT molecular complexity index is 659. The van der Waals surface area contributed by atoms with Crippen LogP contribution < -0.4 is 0 Å². The normalized spacial score (nSPS) is 10.6. The molecular formula is C16H12FNS. The van der Waals surface area contributed by atoms with Crippen LogP contribution in [-0.2, 0) is 6.42 Å². The van der Waals surface area contributed by atoms with Crippen LogP contribution in [0.25, 0.3) is 11.3 Å². The van der Waals surface area contributed by atoms with Crippen LogP contribution in [0.5, 0.6) is 0 Å². The number of halogens is 1. The second-order valence-corrected chi connectivity index (χ2v) is 5.24. The van der Waals surface area contributed by atoms with Crippen LogP contribution in [0.2, 0.25) is 0 Å².